The lowest BCUT2D eigenvalue weighted by molar-refractivity contribution is 0.176. The lowest BCUT2D eigenvalue weighted by Crippen LogP contribution is -2.35. The number of rotatable bonds is 13. The van der Waals surface area contributed by atoms with Crippen molar-refractivity contribution in [1.29, 1.82) is 0 Å². The van der Waals surface area contributed by atoms with Crippen LogP contribution in [0.3, 0.4) is 0 Å². The second-order valence-corrected chi connectivity index (χ2v) is 9.77. The molecular weight excluding hydrogens is 264 g/mol. The van der Waals surface area contributed by atoms with Crippen molar-refractivity contribution in [2.24, 2.45) is 5.92 Å². The molecule has 0 bridgehead atoms. The van der Waals surface area contributed by atoms with Gasteiger partial charge in [0.25, 0.3) is 0 Å². The van der Waals surface area contributed by atoms with Crippen molar-refractivity contribution in [3.8, 4) is 0 Å². The van der Waals surface area contributed by atoms with E-state index in [1.165, 1.54) is 32.1 Å². The summed E-state index contributed by atoms with van der Waals surface area (Å²) in [5.74, 6) is 0.766. The van der Waals surface area contributed by atoms with Gasteiger partial charge in [0, 0.05) is 13.2 Å². The van der Waals surface area contributed by atoms with E-state index < -0.39 is 8.56 Å². The van der Waals surface area contributed by atoms with Crippen molar-refractivity contribution in [2.75, 3.05) is 13.2 Å². The maximum Gasteiger partial charge on any atom is 0.331 e. The Morgan fingerprint density at radius 1 is 0.900 bits per heavy atom. The number of hydrogen-bond donors (Lipinski definition) is 0. The topological polar surface area (TPSA) is 18.5 Å². The summed E-state index contributed by atoms with van der Waals surface area (Å²) in [6.45, 7) is 12.7. The van der Waals surface area contributed by atoms with Crippen LogP contribution in [-0.2, 0) is 8.85 Å². The van der Waals surface area contributed by atoms with Gasteiger partial charge in [-0.1, -0.05) is 45.8 Å². The van der Waals surface area contributed by atoms with E-state index in [2.05, 4.69) is 46.0 Å². The lowest BCUT2D eigenvalue weighted by Gasteiger charge is -2.22. The summed E-state index contributed by atoms with van der Waals surface area (Å²) >= 11 is 0. The fourth-order valence-corrected chi connectivity index (χ4v) is 3.30. The Morgan fingerprint density at radius 3 is 2.20 bits per heavy atom. The number of hydrogen-bond acceptors (Lipinski definition) is 2. The molecule has 0 N–H and O–H groups in total. The van der Waals surface area contributed by atoms with Crippen LogP contribution in [-0.4, -0.2) is 21.8 Å². The Bertz CT molecular complexity index is 237. The molecule has 0 aliphatic heterocycles. The Hall–Kier alpha value is -0.123. The lowest BCUT2D eigenvalue weighted by atomic mass is 10.1. The first kappa shape index (κ1) is 19.9. The molecule has 0 heterocycles. The quantitative estimate of drug-likeness (QED) is 0.247. The van der Waals surface area contributed by atoms with E-state index in [0.29, 0.717) is 0 Å². The molecule has 0 rings (SSSR count). The van der Waals surface area contributed by atoms with Crippen molar-refractivity contribution in [1.82, 2.24) is 0 Å². The van der Waals surface area contributed by atoms with E-state index in [-0.39, 0.29) is 0 Å². The van der Waals surface area contributed by atoms with Gasteiger partial charge in [0.05, 0.1) is 0 Å². The zero-order valence-electron chi connectivity index (χ0n) is 14.4. The van der Waals surface area contributed by atoms with Gasteiger partial charge in [0.15, 0.2) is 0 Å². The highest BCUT2D eigenvalue weighted by Gasteiger charge is 2.23. The molecule has 0 aliphatic rings. The molecule has 3 heteroatoms. The van der Waals surface area contributed by atoms with Crippen LogP contribution in [0.25, 0.3) is 0 Å². The third kappa shape index (κ3) is 14.3. The van der Waals surface area contributed by atoms with Crippen LogP contribution in [0, 0.1) is 5.92 Å². The molecule has 0 aromatic rings. The largest absolute Gasteiger partial charge is 0.395 e. The van der Waals surface area contributed by atoms with E-state index in [4.69, 9.17) is 8.85 Å². The van der Waals surface area contributed by atoms with Gasteiger partial charge >= 0.3 is 8.56 Å². The molecule has 0 spiro atoms. The van der Waals surface area contributed by atoms with Gasteiger partial charge in [-0.15, -0.1) is 0 Å². The van der Waals surface area contributed by atoms with Crippen LogP contribution in [0.15, 0.2) is 12.2 Å². The zero-order chi connectivity index (χ0) is 15.3. The minimum atomic E-state index is -1.89. The Labute approximate surface area is 128 Å². The Kier molecular flexibility index (Phi) is 12.5. The molecule has 0 atom stereocenters. The minimum Gasteiger partial charge on any atom is -0.395 e. The molecule has 0 aliphatic carbocycles. The summed E-state index contributed by atoms with van der Waals surface area (Å²) in [6.07, 6.45) is 13.1. The molecule has 0 aromatic heterocycles. The van der Waals surface area contributed by atoms with Crippen LogP contribution in [0.1, 0.15) is 65.7 Å². The SMILES string of the molecule is CCCCC/C=C/CCO[Si](C)(C)OCCCC(C)C. The summed E-state index contributed by atoms with van der Waals surface area (Å²) in [4.78, 5) is 0. The molecule has 0 saturated carbocycles. The van der Waals surface area contributed by atoms with E-state index in [1.54, 1.807) is 0 Å². The van der Waals surface area contributed by atoms with Gasteiger partial charge in [-0.05, 0) is 51.1 Å². The summed E-state index contributed by atoms with van der Waals surface area (Å²) in [7, 11) is -1.89. The molecule has 2 nitrogen and oxygen atoms in total. The Balaban J connectivity index is 3.51. The molecule has 120 valence electrons. The predicted octanol–water partition coefficient (Wildman–Crippen LogP) is 5.68. The van der Waals surface area contributed by atoms with E-state index >= 15 is 0 Å². The fourth-order valence-electron chi connectivity index (χ4n) is 1.97. The van der Waals surface area contributed by atoms with Gasteiger partial charge in [-0.25, -0.2) is 0 Å². The zero-order valence-corrected chi connectivity index (χ0v) is 15.4. The number of allylic oxidation sites excluding steroid dienone is 1. The fraction of sp³-hybridized carbons (Fsp3) is 0.882. The van der Waals surface area contributed by atoms with Gasteiger partial charge in [0.2, 0.25) is 0 Å². The Morgan fingerprint density at radius 2 is 1.55 bits per heavy atom. The highest BCUT2D eigenvalue weighted by molar-refractivity contribution is 6.64. The average molecular weight is 301 g/mol. The summed E-state index contributed by atoms with van der Waals surface area (Å²) < 4.78 is 11.9. The second-order valence-electron chi connectivity index (χ2n) is 6.39. The van der Waals surface area contributed by atoms with E-state index in [0.717, 1.165) is 32.0 Å². The van der Waals surface area contributed by atoms with Crippen molar-refractivity contribution in [3.05, 3.63) is 12.2 Å². The van der Waals surface area contributed by atoms with Crippen molar-refractivity contribution in [2.45, 2.75) is 78.8 Å². The standard InChI is InChI=1S/C17H36O2Si/c1-6-7-8-9-10-11-12-15-18-20(4,5)19-16-13-14-17(2)3/h10-11,17H,6-9,12-16H2,1-5H3/b11-10+. The van der Waals surface area contributed by atoms with Crippen LogP contribution in [0.4, 0.5) is 0 Å². The molecule has 20 heavy (non-hydrogen) atoms. The average Bonchev–Trinajstić information content (AvgIpc) is 2.38. The molecule has 0 fully saturated rings. The van der Waals surface area contributed by atoms with Gasteiger partial charge in [-0.2, -0.15) is 0 Å². The van der Waals surface area contributed by atoms with Crippen LogP contribution >= 0.6 is 0 Å². The first-order valence-electron chi connectivity index (χ1n) is 8.41. The molecular formula is C17H36O2Si. The summed E-state index contributed by atoms with van der Waals surface area (Å²) in [6, 6.07) is 0. The van der Waals surface area contributed by atoms with Crippen molar-refractivity contribution in [3.63, 3.8) is 0 Å². The van der Waals surface area contributed by atoms with Crippen molar-refractivity contribution >= 4 is 8.56 Å². The molecule has 0 radical (unpaired) electrons. The van der Waals surface area contributed by atoms with Gasteiger partial charge in [-0.3, -0.25) is 0 Å². The van der Waals surface area contributed by atoms with Crippen molar-refractivity contribution < 1.29 is 8.85 Å². The third-order valence-electron chi connectivity index (χ3n) is 3.25. The number of unbranched alkanes of at least 4 members (excludes halogenated alkanes) is 3. The van der Waals surface area contributed by atoms with E-state index in [1.807, 2.05) is 0 Å². The molecule has 0 amide bonds. The van der Waals surface area contributed by atoms with Gasteiger partial charge < -0.3 is 8.85 Å². The highest BCUT2D eigenvalue weighted by atomic mass is 28.4. The normalized spacial score (nSPS) is 12.7. The van der Waals surface area contributed by atoms with Crippen LogP contribution in [0.2, 0.25) is 13.1 Å². The molecule has 0 unspecified atom stereocenters. The van der Waals surface area contributed by atoms with Gasteiger partial charge in [0.1, 0.15) is 0 Å². The molecule has 0 saturated heterocycles. The maximum atomic E-state index is 5.93. The first-order chi connectivity index (χ1) is 9.48. The third-order valence-corrected chi connectivity index (χ3v) is 5.05. The smallest absolute Gasteiger partial charge is 0.331 e. The summed E-state index contributed by atoms with van der Waals surface area (Å²) in [5.41, 5.74) is 0. The molecule has 0 aromatic carbocycles. The highest BCUT2D eigenvalue weighted by Crippen LogP contribution is 2.10. The first-order valence-corrected chi connectivity index (χ1v) is 11.2. The predicted molar refractivity (Wildman–Crippen MR) is 91.4 cm³/mol. The second kappa shape index (κ2) is 12.6. The maximum absolute atomic E-state index is 5.93. The van der Waals surface area contributed by atoms with Crippen LogP contribution < -0.4 is 0 Å². The van der Waals surface area contributed by atoms with Crippen LogP contribution in [0.5, 0.6) is 0 Å². The van der Waals surface area contributed by atoms with E-state index in [9.17, 15) is 0 Å². The summed E-state index contributed by atoms with van der Waals surface area (Å²) in [5, 5.41) is 0. The monoisotopic (exact) mass is 300 g/mol. The minimum absolute atomic E-state index is 0.766.